The molecule has 1 aromatic heterocycles. The molecule has 0 spiro atoms. The Hall–Kier alpha value is -2.46. The molecule has 0 saturated heterocycles. The molecule has 0 aliphatic heterocycles. The van der Waals surface area contributed by atoms with Gasteiger partial charge in [0.15, 0.2) is 5.13 Å². The van der Waals surface area contributed by atoms with Gasteiger partial charge in [-0.15, -0.1) is 11.3 Å². The van der Waals surface area contributed by atoms with Crippen molar-refractivity contribution < 1.29 is 4.79 Å². The standard InChI is InChI=1S/C16H12N2OS/c19-10-12-5-4-8-14(9-12)17-16-18-15(11-20-16)13-6-2-1-3-7-13/h1-11H,(H,17,18). The highest BCUT2D eigenvalue weighted by molar-refractivity contribution is 7.14. The second-order valence-electron chi connectivity index (χ2n) is 4.27. The average Bonchev–Trinajstić information content (AvgIpc) is 2.97. The predicted octanol–water partition coefficient (Wildman–Crippen LogP) is 4.37. The van der Waals surface area contributed by atoms with E-state index in [0.717, 1.165) is 28.4 Å². The van der Waals surface area contributed by atoms with Gasteiger partial charge in [-0.05, 0) is 12.1 Å². The normalized spacial score (nSPS) is 10.2. The van der Waals surface area contributed by atoms with Crippen LogP contribution in [0.25, 0.3) is 11.3 Å². The van der Waals surface area contributed by atoms with Crippen molar-refractivity contribution in [2.75, 3.05) is 5.32 Å². The molecular weight excluding hydrogens is 268 g/mol. The largest absolute Gasteiger partial charge is 0.332 e. The Labute approximate surface area is 120 Å². The van der Waals surface area contributed by atoms with Crippen molar-refractivity contribution in [2.24, 2.45) is 0 Å². The van der Waals surface area contributed by atoms with Crippen molar-refractivity contribution in [1.29, 1.82) is 0 Å². The summed E-state index contributed by atoms with van der Waals surface area (Å²) >= 11 is 1.54. The first-order valence-electron chi connectivity index (χ1n) is 6.18. The Morgan fingerprint density at radius 1 is 1.05 bits per heavy atom. The summed E-state index contributed by atoms with van der Waals surface area (Å²) in [7, 11) is 0. The molecule has 1 heterocycles. The zero-order valence-electron chi connectivity index (χ0n) is 10.6. The van der Waals surface area contributed by atoms with E-state index in [1.807, 2.05) is 47.8 Å². The summed E-state index contributed by atoms with van der Waals surface area (Å²) < 4.78 is 0. The third-order valence-electron chi connectivity index (χ3n) is 2.85. The number of thiazole rings is 1. The van der Waals surface area contributed by atoms with E-state index in [2.05, 4.69) is 10.3 Å². The minimum Gasteiger partial charge on any atom is -0.332 e. The maximum atomic E-state index is 10.8. The Kier molecular flexibility index (Phi) is 3.56. The van der Waals surface area contributed by atoms with Crippen LogP contribution in [0.3, 0.4) is 0 Å². The molecule has 3 rings (SSSR count). The highest BCUT2D eigenvalue weighted by Crippen LogP contribution is 2.27. The molecule has 0 fully saturated rings. The fourth-order valence-corrected chi connectivity index (χ4v) is 2.63. The van der Waals surface area contributed by atoms with Gasteiger partial charge < -0.3 is 5.32 Å². The number of hydrogen-bond acceptors (Lipinski definition) is 4. The van der Waals surface area contributed by atoms with Gasteiger partial charge in [0, 0.05) is 22.2 Å². The number of carbonyl (C=O) groups is 1. The first kappa shape index (κ1) is 12.6. The first-order chi connectivity index (χ1) is 9.85. The maximum Gasteiger partial charge on any atom is 0.187 e. The highest BCUT2D eigenvalue weighted by atomic mass is 32.1. The number of carbonyl (C=O) groups excluding carboxylic acids is 1. The van der Waals surface area contributed by atoms with E-state index in [9.17, 15) is 4.79 Å². The van der Waals surface area contributed by atoms with Crippen molar-refractivity contribution >= 4 is 28.4 Å². The average molecular weight is 280 g/mol. The van der Waals surface area contributed by atoms with Gasteiger partial charge in [0.05, 0.1) is 5.69 Å². The molecule has 0 atom stereocenters. The van der Waals surface area contributed by atoms with Crippen molar-refractivity contribution in [2.45, 2.75) is 0 Å². The van der Waals surface area contributed by atoms with Gasteiger partial charge in [-0.3, -0.25) is 4.79 Å². The van der Waals surface area contributed by atoms with Gasteiger partial charge in [0.2, 0.25) is 0 Å². The lowest BCUT2D eigenvalue weighted by Gasteiger charge is -2.02. The molecule has 0 bridgehead atoms. The number of nitrogens with zero attached hydrogens (tertiary/aromatic N) is 1. The maximum absolute atomic E-state index is 10.8. The zero-order chi connectivity index (χ0) is 13.8. The van der Waals surface area contributed by atoms with Crippen LogP contribution in [-0.2, 0) is 0 Å². The van der Waals surface area contributed by atoms with Crippen LogP contribution in [0.15, 0.2) is 60.0 Å². The number of benzene rings is 2. The van der Waals surface area contributed by atoms with Crippen LogP contribution in [0.5, 0.6) is 0 Å². The quantitative estimate of drug-likeness (QED) is 0.722. The summed E-state index contributed by atoms with van der Waals surface area (Å²) in [5, 5.41) is 6.04. The van der Waals surface area contributed by atoms with Crippen LogP contribution >= 0.6 is 11.3 Å². The number of hydrogen-bond donors (Lipinski definition) is 1. The van der Waals surface area contributed by atoms with E-state index in [4.69, 9.17) is 0 Å². The van der Waals surface area contributed by atoms with Crippen molar-refractivity contribution in [3.05, 3.63) is 65.5 Å². The molecule has 0 aliphatic carbocycles. The summed E-state index contributed by atoms with van der Waals surface area (Å²) in [5.41, 5.74) is 3.56. The Balaban J connectivity index is 1.82. The Bertz CT molecular complexity index is 722. The summed E-state index contributed by atoms with van der Waals surface area (Å²) in [5.74, 6) is 0. The van der Waals surface area contributed by atoms with Crippen LogP contribution < -0.4 is 5.32 Å². The minimum absolute atomic E-state index is 0.648. The fraction of sp³-hybridized carbons (Fsp3) is 0. The Morgan fingerprint density at radius 2 is 1.90 bits per heavy atom. The molecule has 0 amide bonds. The second kappa shape index (κ2) is 5.67. The molecule has 20 heavy (non-hydrogen) atoms. The van der Waals surface area contributed by atoms with Crippen molar-refractivity contribution in [3.8, 4) is 11.3 Å². The fourth-order valence-electron chi connectivity index (χ4n) is 1.89. The molecule has 3 aromatic rings. The highest BCUT2D eigenvalue weighted by Gasteiger charge is 2.04. The summed E-state index contributed by atoms with van der Waals surface area (Å²) in [6, 6.07) is 17.4. The van der Waals surface area contributed by atoms with Gasteiger partial charge in [0.25, 0.3) is 0 Å². The van der Waals surface area contributed by atoms with Gasteiger partial charge in [0.1, 0.15) is 6.29 Å². The van der Waals surface area contributed by atoms with Gasteiger partial charge in [-0.25, -0.2) is 4.98 Å². The van der Waals surface area contributed by atoms with E-state index in [1.54, 1.807) is 23.5 Å². The van der Waals surface area contributed by atoms with Crippen LogP contribution in [0.2, 0.25) is 0 Å². The molecule has 0 aliphatic rings. The van der Waals surface area contributed by atoms with Crippen molar-refractivity contribution in [1.82, 2.24) is 4.98 Å². The van der Waals surface area contributed by atoms with Crippen LogP contribution in [0, 0.1) is 0 Å². The van der Waals surface area contributed by atoms with Crippen LogP contribution in [0.4, 0.5) is 10.8 Å². The summed E-state index contributed by atoms with van der Waals surface area (Å²) in [6.07, 6.45) is 0.836. The number of nitrogens with one attached hydrogen (secondary N) is 1. The third kappa shape index (κ3) is 2.75. The lowest BCUT2D eigenvalue weighted by molar-refractivity contribution is 0.112. The van der Waals surface area contributed by atoms with Gasteiger partial charge >= 0.3 is 0 Å². The molecule has 3 nitrogen and oxygen atoms in total. The Morgan fingerprint density at radius 3 is 2.70 bits per heavy atom. The van der Waals surface area contributed by atoms with Crippen LogP contribution in [-0.4, -0.2) is 11.3 Å². The van der Waals surface area contributed by atoms with E-state index in [1.165, 1.54) is 0 Å². The van der Waals surface area contributed by atoms with E-state index < -0.39 is 0 Å². The minimum atomic E-state index is 0.648. The number of anilines is 2. The van der Waals surface area contributed by atoms with Gasteiger partial charge in [-0.1, -0.05) is 42.5 Å². The lowest BCUT2D eigenvalue weighted by Crippen LogP contribution is -1.90. The molecule has 4 heteroatoms. The summed E-state index contributed by atoms with van der Waals surface area (Å²) in [6.45, 7) is 0. The molecular formula is C16H12N2OS. The number of aromatic nitrogens is 1. The molecule has 0 saturated carbocycles. The number of aldehydes is 1. The third-order valence-corrected chi connectivity index (χ3v) is 3.61. The topological polar surface area (TPSA) is 42.0 Å². The van der Waals surface area contributed by atoms with E-state index >= 15 is 0 Å². The smallest absolute Gasteiger partial charge is 0.187 e. The lowest BCUT2D eigenvalue weighted by atomic mass is 10.2. The van der Waals surface area contributed by atoms with E-state index in [0.29, 0.717) is 5.56 Å². The monoisotopic (exact) mass is 280 g/mol. The molecule has 0 radical (unpaired) electrons. The van der Waals surface area contributed by atoms with Crippen LogP contribution in [0.1, 0.15) is 10.4 Å². The van der Waals surface area contributed by atoms with E-state index in [-0.39, 0.29) is 0 Å². The molecule has 1 N–H and O–H groups in total. The number of rotatable bonds is 4. The van der Waals surface area contributed by atoms with Gasteiger partial charge in [-0.2, -0.15) is 0 Å². The predicted molar refractivity (Wildman–Crippen MR) is 82.7 cm³/mol. The first-order valence-corrected chi connectivity index (χ1v) is 7.06. The SMILES string of the molecule is O=Cc1cccc(Nc2nc(-c3ccccc3)cs2)c1. The summed E-state index contributed by atoms with van der Waals surface area (Å²) in [4.78, 5) is 15.3. The molecule has 2 aromatic carbocycles. The van der Waals surface area contributed by atoms with Crippen molar-refractivity contribution in [3.63, 3.8) is 0 Å². The molecule has 98 valence electrons. The second-order valence-corrected chi connectivity index (χ2v) is 5.13. The molecule has 0 unspecified atom stereocenters. The zero-order valence-corrected chi connectivity index (χ0v) is 11.4.